The van der Waals surface area contributed by atoms with Crippen molar-refractivity contribution in [3.05, 3.63) is 212 Å². The van der Waals surface area contributed by atoms with E-state index in [9.17, 15) is 0 Å². The third kappa shape index (κ3) is 6.26. The minimum Gasteiger partial charge on any atom is -0.309 e. The van der Waals surface area contributed by atoms with E-state index in [-0.39, 0.29) is 0 Å². The van der Waals surface area contributed by atoms with Crippen LogP contribution in [-0.4, -0.2) is 9.97 Å². The van der Waals surface area contributed by atoms with Gasteiger partial charge in [0.15, 0.2) is 13.0 Å². The summed E-state index contributed by atoms with van der Waals surface area (Å²) in [6, 6.07) is 72.0. The van der Waals surface area contributed by atoms with Crippen molar-refractivity contribution >= 4 is 33.8 Å². The van der Waals surface area contributed by atoms with Gasteiger partial charge in [0.1, 0.15) is 0 Å². The Morgan fingerprint density at radius 1 is 0.315 bits per heavy atom. The highest BCUT2D eigenvalue weighted by Crippen LogP contribution is 2.44. The minimum absolute atomic E-state index is 0.685. The Morgan fingerprint density at radius 2 is 0.722 bits per heavy atom. The first kappa shape index (κ1) is 33.2. The van der Waals surface area contributed by atoms with Gasteiger partial charge in [0.2, 0.25) is 0 Å². The van der Waals surface area contributed by atoms with E-state index in [1.54, 1.807) is 0 Å². The second kappa shape index (κ2) is 14.4. The normalized spacial score (nSPS) is 11.4. The monoisotopic (exact) mass is 710 g/mol. The molecule has 9 aromatic rings. The van der Waals surface area contributed by atoms with E-state index < -0.39 is 7.14 Å². The summed E-state index contributed by atoms with van der Waals surface area (Å²) in [4.78, 5) is 10.1. The van der Waals surface area contributed by atoms with Crippen molar-refractivity contribution in [2.24, 2.45) is 0 Å². The minimum atomic E-state index is -3.12. The van der Waals surface area contributed by atoms with Gasteiger partial charge >= 0.3 is 0 Å². The lowest BCUT2D eigenvalue weighted by Crippen LogP contribution is -2.25. The maximum atomic E-state index is 15.2. The second-order valence-electron chi connectivity index (χ2n) is 13.3. The standard InChI is InChI=1S/C50H35N2OP/c53-54(41-21-9-3-10-22-41,42-23-11-4-12-24-42)43-25-15-20-40(34-43)45-33-32-44(46-26-13-14-27-47(45)46)36-28-30-39(31-29-36)50-51-48(37-16-5-1-6-17-37)35-49(52-50)38-18-7-2-8-19-38/h1-35H. The van der Waals surface area contributed by atoms with E-state index in [0.717, 1.165) is 77.0 Å². The van der Waals surface area contributed by atoms with E-state index in [1.807, 2.05) is 109 Å². The van der Waals surface area contributed by atoms with Gasteiger partial charge in [-0.15, -0.1) is 0 Å². The molecule has 4 heteroatoms. The van der Waals surface area contributed by atoms with Crippen LogP contribution in [0.3, 0.4) is 0 Å². The van der Waals surface area contributed by atoms with Crippen LogP contribution in [0.25, 0.3) is 66.9 Å². The van der Waals surface area contributed by atoms with Crippen LogP contribution in [0.4, 0.5) is 0 Å². The average Bonchev–Trinajstić information content (AvgIpc) is 3.27. The van der Waals surface area contributed by atoms with Crippen LogP contribution in [0.2, 0.25) is 0 Å². The lowest BCUT2D eigenvalue weighted by atomic mass is 9.92. The molecule has 8 aromatic carbocycles. The van der Waals surface area contributed by atoms with Crippen LogP contribution < -0.4 is 15.9 Å². The molecule has 0 spiro atoms. The highest BCUT2D eigenvalue weighted by atomic mass is 31.2. The van der Waals surface area contributed by atoms with Crippen molar-refractivity contribution in [3.63, 3.8) is 0 Å². The number of nitrogens with zero attached hydrogens (tertiary/aromatic N) is 2. The maximum Gasteiger partial charge on any atom is 0.171 e. The molecule has 0 radical (unpaired) electrons. The Morgan fingerprint density at radius 3 is 1.24 bits per heavy atom. The Hall–Kier alpha value is -6.67. The van der Waals surface area contributed by atoms with Gasteiger partial charge < -0.3 is 4.57 Å². The first-order chi connectivity index (χ1) is 26.6. The fraction of sp³-hybridized carbons (Fsp3) is 0. The Balaban J connectivity index is 1.10. The number of hydrogen-bond acceptors (Lipinski definition) is 3. The molecular formula is C50H35N2OP. The van der Waals surface area contributed by atoms with Crippen LogP contribution in [-0.2, 0) is 4.57 Å². The molecule has 0 aliphatic carbocycles. The zero-order chi connectivity index (χ0) is 36.3. The quantitative estimate of drug-likeness (QED) is 0.147. The molecule has 0 aliphatic heterocycles. The predicted octanol–water partition coefficient (Wildman–Crippen LogP) is 11.6. The van der Waals surface area contributed by atoms with Crippen LogP contribution >= 0.6 is 7.14 Å². The van der Waals surface area contributed by atoms with Gasteiger partial charge in [-0.2, -0.15) is 0 Å². The number of aromatic nitrogens is 2. The largest absolute Gasteiger partial charge is 0.309 e. The van der Waals surface area contributed by atoms with Crippen molar-refractivity contribution in [2.45, 2.75) is 0 Å². The van der Waals surface area contributed by atoms with Crippen molar-refractivity contribution < 1.29 is 4.57 Å². The van der Waals surface area contributed by atoms with E-state index >= 15 is 4.57 Å². The Bertz CT molecular complexity index is 2670. The summed E-state index contributed by atoms with van der Waals surface area (Å²) in [6.07, 6.45) is 0. The molecule has 3 nitrogen and oxygen atoms in total. The molecule has 0 saturated carbocycles. The van der Waals surface area contributed by atoms with Crippen LogP contribution in [0.5, 0.6) is 0 Å². The van der Waals surface area contributed by atoms with Crippen LogP contribution in [0, 0.1) is 0 Å². The van der Waals surface area contributed by atoms with E-state index in [2.05, 4.69) is 103 Å². The zero-order valence-electron chi connectivity index (χ0n) is 29.5. The molecule has 0 fully saturated rings. The third-order valence-electron chi connectivity index (χ3n) is 10.0. The summed E-state index contributed by atoms with van der Waals surface area (Å²) < 4.78 is 15.2. The van der Waals surface area contributed by atoms with E-state index in [0.29, 0.717) is 5.82 Å². The van der Waals surface area contributed by atoms with Crippen molar-refractivity contribution in [2.75, 3.05) is 0 Å². The lowest BCUT2D eigenvalue weighted by molar-refractivity contribution is 0.592. The molecule has 0 N–H and O–H groups in total. The molecule has 9 rings (SSSR count). The number of fused-ring (bicyclic) bond motifs is 1. The number of rotatable bonds is 8. The smallest absolute Gasteiger partial charge is 0.171 e. The maximum absolute atomic E-state index is 15.2. The van der Waals surface area contributed by atoms with Crippen molar-refractivity contribution in [3.8, 4) is 56.2 Å². The third-order valence-corrected chi connectivity index (χ3v) is 13.1. The topological polar surface area (TPSA) is 42.9 Å². The van der Waals surface area contributed by atoms with Gasteiger partial charge in [0, 0.05) is 32.6 Å². The Labute approximate surface area is 315 Å². The van der Waals surface area contributed by atoms with Crippen molar-refractivity contribution in [1.29, 1.82) is 0 Å². The first-order valence-electron chi connectivity index (χ1n) is 18.1. The average molecular weight is 711 g/mol. The molecule has 0 amide bonds. The molecule has 0 bridgehead atoms. The fourth-order valence-corrected chi connectivity index (χ4v) is 9.98. The van der Waals surface area contributed by atoms with E-state index in [1.165, 1.54) is 0 Å². The summed E-state index contributed by atoms with van der Waals surface area (Å²) in [5.41, 5.74) is 9.20. The number of hydrogen-bond donors (Lipinski definition) is 0. The van der Waals surface area contributed by atoms with Gasteiger partial charge in [-0.3, -0.25) is 0 Å². The summed E-state index contributed by atoms with van der Waals surface area (Å²) in [5, 5.41) is 4.75. The zero-order valence-corrected chi connectivity index (χ0v) is 30.4. The van der Waals surface area contributed by atoms with Gasteiger partial charge in [-0.05, 0) is 45.2 Å². The molecule has 54 heavy (non-hydrogen) atoms. The molecule has 1 heterocycles. The molecule has 0 unspecified atom stereocenters. The lowest BCUT2D eigenvalue weighted by Gasteiger charge is -2.21. The fourth-order valence-electron chi connectivity index (χ4n) is 7.28. The van der Waals surface area contributed by atoms with Gasteiger partial charge in [-0.1, -0.05) is 200 Å². The molecule has 0 saturated heterocycles. The summed E-state index contributed by atoms with van der Waals surface area (Å²) in [7, 11) is -3.12. The summed E-state index contributed by atoms with van der Waals surface area (Å²) >= 11 is 0. The second-order valence-corrected chi connectivity index (χ2v) is 16.1. The molecule has 0 atom stereocenters. The van der Waals surface area contributed by atoms with Crippen LogP contribution in [0.1, 0.15) is 0 Å². The molecule has 1 aromatic heterocycles. The van der Waals surface area contributed by atoms with Crippen molar-refractivity contribution in [1.82, 2.24) is 9.97 Å². The van der Waals surface area contributed by atoms with Gasteiger partial charge in [-0.25, -0.2) is 9.97 Å². The highest BCUT2D eigenvalue weighted by Gasteiger charge is 2.30. The van der Waals surface area contributed by atoms with Crippen LogP contribution in [0.15, 0.2) is 212 Å². The van der Waals surface area contributed by atoms with Gasteiger partial charge in [0.25, 0.3) is 0 Å². The summed E-state index contributed by atoms with van der Waals surface area (Å²) in [6.45, 7) is 0. The Kier molecular flexibility index (Phi) is 8.84. The molecular weight excluding hydrogens is 676 g/mol. The van der Waals surface area contributed by atoms with E-state index in [4.69, 9.17) is 9.97 Å². The summed E-state index contributed by atoms with van der Waals surface area (Å²) in [5.74, 6) is 0.685. The number of benzene rings is 8. The molecule has 256 valence electrons. The predicted molar refractivity (Wildman–Crippen MR) is 226 cm³/mol. The highest BCUT2D eigenvalue weighted by molar-refractivity contribution is 7.85. The van der Waals surface area contributed by atoms with Gasteiger partial charge in [0.05, 0.1) is 11.4 Å². The first-order valence-corrected chi connectivity index (χ1v) is 19.8. The molecule has 0 aliphatic rings. The SMILES string of the molecule is O=P(c1ccccc1)(c1ccccc1)c1cccc(-c2ccc(-c3ccc(-c4nc(-c5ccccc5)cc(-c5ccccc5)n4)cc3)c3ccccc23)c1.